The first-order valence-corrected chi connectivity index (χ1v) is 13.0. The monoisotopic (exact) mass is 533 g/mol. The molecule has 1 aliphatic carbocycles. The lowest BCUT2D eigenvalue weighted by Crippen LogP contribution is -2.42. The third-order valence-electron chi connectivity index (χ3n) is 6.88. The maximum Gasteiger partial charge on any atom is 0.407 e. The molecule has 0 saturated heterocycles. The molecule has 0 fully saturated rings. The SMILES string of the molecule is O=C(CC[C@H](NC(=O)OCC1c2ccccc2-c2ccccc21)C(=O)O)NCCCCCN1C(=O)C=CC1=O. The van der Waals surface area contributed by atoms with Crippen LogP contribution in [0.4, 0.5) is 4.79 Å². The van der Waals surface area contributed by atoms with Crippen molar-refractivity contribution in [2.24, 2.45) is 0 Å². The van der Waals surface area contributed by atoms with Crippen molar-refractivity contribution in [2.75, 3.05) is 19.7 Å². The fourth-order valence-electron chi connectivity index (χ4n) is 4.85. The summed E-state index contributed by atoms with van der Waals surface area (Å²) in [6, 6.07) is 14.5. The fourth-order valence-corrected chi connectivity index (χ4v) is 4.85. The number of nitrogens with one attached hydrogen (secondary N) is 2. The Morgan fingerprint density at radius 2 is 1.51 bits per heavy atom. The number of alkyl carbamates (subject to hydrolysis) is 1. The zero-order chi connectivity index (χ0) is 27.8. The number of amides is 4. The van der Waals surface area contributed by atoms with Gasteiger partial charge in [0.2, 0.25) is 5.91 Å². The van der Waals surface area contributed by atoms with Crippen molar-refractivity contribution < 1.29 is 33.8 Å². The van der Waals surface area contributed by atoms with E-state index in [1.54, 1.807) is 0 Å². The zero-order valence-corrected chi connectivity index (χ0v) is 21.4. The van der Waals surface area contributed by atoms with Crippen molar-refractivity contribution in [3.63, 3.8) is 0 Å². The molecule has 10 heteroatoms. The lowest BCUT2D eigenvalue weighted by molar-refractivity contribution is -0.140. The second-order valence-corrected chi connectivity index (χ2v) is 9.47. The summed E-state index contributed by atoms with van der Waals surface area (Å²) in [6.45, 7) is 0.778. The van der Waals surface area contributed by atoms with Crippen LogP contribution < -0.4 is 10.6 Å². The highest BCUT2D eigenvalue weighted by Gasteiger charge is 2.30. The van der Waals surface area contributed by atoms with Gasteiger partial charge in [-0.2, -0.15) is 0 Å². The number of ether oxygens (including phenoxy) is 1. The summed E-state index contributed by atoms with van der Waals surface area (Å²) in [5.74, 6) is -2.35. The van der Waals surface area contributed by atoms with Crippen LogP contribution in [0.3, 0.4) is 0 Å². The standard InChI is InChI=1S/C29H31N3O7/c33-25(30-16-6-1-7-17-32-26(34)14-15-27(32)35)13-12-24(28(36)37)31-29(38)39-18-23-21-10-4-2-8-19(21)20-9-3-5-11-22(20)23/h2-5,8-11,14-15,23-24H,1,6-7,12-13,16-18H2,(H,30,33)(H,31,38)(H,36,37)/t24-/m0/s1. The van der Waals surface area contributed by atoms with Crippen molar-refractivity contribution in [3.8, 4) is 11.1 Å². The van der Waals surface area contributed by atoms with E-state index in [2.05, 4.69) is 10.6 Å². The molecule has 0 saturated carbocycles. The number of carbonyl (C=O) groups excluding carboxylic acids is 4. The van der Waals surface area contributed by atoms with Gasteiger partial charge < -0.3 is 20.5 Å². The number of carbonyl (C=O) groups is 5. The molecular formula is C29H31N3O7. The largest absolute Gasteiger partial charge is 0.480 e. The van der Waals surface area contributed by atoms with Gasteiger partial charge in [-0.05, 0) is 47.9 Å². The van der Waals surface area contributed by atoms with Crippen LogP contribution in [0.5, 0.6) is 0 Å². The minimum absolute atomic E-state index is 0.0588. The Labute approximate surface area is 226 Å². The summed E-state index contributed by atoms with van der Waals surface area (Å²) in [7, 11) is 0. The van der Waals surface area contributed by atoms with Crippen LogP contribution in [0.25, 0.3) is 11.1 Å². The van der Waals surface area contributed by atoms with Gasteiger partial charge in [0.15, 0.2) is 0 Å². The molecule has 0 bridgehead atoms. The summed E-state index contributed by atoms with van der Waals surface area (Å²) in [6.07, 6.45) is 3.45. The average Bonchev–Trinajstić information content (AvgIpc) is 3.43. The highest BCUT2D eigenvalue weighted by Crippen LogP contribution is 2.44. The summed E-state index contributed by atoms with van der Waals surface area (Å²) < 4.78 is 5.42. The molecular weight excluding hydrogens is 502 g/mol. The minimum atomic E-state index is -1.27. The Kier molecular flexibility index (Phi) is 9.09. The number of imide groups is 1. The van der Waals surface area contributed by atoms with Gasteiger partial charge in [-0.15, -0.1) is 0 Å². The van der Waals surface area contributed by atoms with E-state index in [9.17, 15) is 29.1 Å². The summed E-state index contributed by atoms with van der Waals surface area (Å²) >= 11 is 0. The van der Waals surface area contributed by atoms with E-state index in [1.165, 1.54) is 17.1 Å². The van der Waals surface area contributed by atoms with Gasteiger partial charge in [-0.25, -0.2) is 9.59 Å². The van der Waals surface area contributed by atoms with Gasteiger partial charge in [0.05, 0.1) is 0 Å². The molecule has 4 amide bonds. The fraction of sp³-hybridized carbons (Fsp3) is 0.345. The quantitative estimate of drug-likeness (QED) is 0.265. The number of hydrogen-bond acceptors (Lipinski definition) is 6. The molecule has 4 rings (SSSR count). The summed E-state index contributed by atoms with van der Waals surface area (Å²) in [5.41, 5.74) is 4.28. The number of fused-ring (bicyclic) bond motifs is 3. The van der Waals surface area contributed by atoms with E-state index in [4.69, 9.17) is 4.74 Å². The Balaban J connectivity index is 1.15. The molecule has 1 heterocycles. The molecule has 0 aromatic heterocycles. The summed E-state index contributed by atoms with van der Waals surface area (Å²) in [4.78, 5) is 60.5. The normalized spacial score (nSPS) is 14.6. The highest BCUT2D eigenvalue weighted by atomic mass is 16.5. The van der Waals surface area contributed by atoms with Gasteiger partial charge in [0.1, 0.15) is 12.6 Å². The lowest BCUT2D eigenvalue weighted by atomic mass is 9.98. The Morgan fingerprint density at radius 1 is 0.897 bits per heavy atom. The third kappa shape index (κ3) is 6.90. The molecule has 204 valence electrons. The molecule has 3 N–H and O–H groups in total. The van der Waals surface area contributed by atoms with Crippen LogP contribution in [0.15, 0.2) is 60.7 Å². The predicted octanol–water partition coefficient (Wildman–Crippen LogP) is 2.97. The van der Waals surface area contributed by atoms with E-state index >= 15 is 0 Å². The Hall–Kier alpha value is -4.47. The van der Waals surface area contributed by atoms with Crippen molar-refractivity contribution in [3.05, 3.63) is 71.8 Å². The van der Waals surface area contributed by atoms with Gasteiger partial charge in [-0.3, -0.25) is 19.3 Å². The van der Waals surface area contributed by atoms with Crippen molar-refractivity contribution >= 4 is 29.8 Å². The molecule has 0 unspecified atom stereocenters. The van der Waals surface area contributed by atoms with E-state index in [1.807, 2.05) is 48.5 Å². The van der Waals surface area contributed by atoms with Crippen molar-refractivity contribution in [2.45, 2.75) is 44.1 Å². The van der Waals surface area contributed by atoms with Gasteiger partial charge in [0.25, 0.3) is 11.8 Å². The van der Waals surface area contributed by atoms with Crippen LogP contribution >= 0.6 is 0 Å². The first-order valence-electron chi connectivity index (χ1n) is 13.0. The highest BCUT2D eigenvalue weighted by molar-refractivity contribution is 6.12. The maximum absolute atomic E-state index is 12.4. The number of carboxylic acids is 1. The van der Waals surface area contributed by atoms with Crippen LogP contribution in [-0.2, 0) is 23.9 Å². The molecule has 39 heavy (non-hydrogen) atoms. The van der Waals surface area contributed by atoms with Gasteiger partial charge in [0, 0.05) is 37.6 Å². The number of carboxylic acid groups (broad SMARTS) is 1. The van der Waals surface area contributed by atoms with Crippen molar-refractivity contribution in [1.82, 2.24) is 15.5 Å². The molecule has 1 atom stereocenters. The second kappa shape index (κ2) is 12.9. The number of nitrogens with zero attached hydrogens (tertiary/aromatic N) is 1. The molecule has 0 radical (unpaired) electrons. The van der Waals surface area contributed by atoms with Gasteiger partial charge in [-0.1, -0.05) is 48.5 Å². The molecule has 2 aromatic carbocycles. The summed E-state index contributed by atoms with van der Waals surface area (Å²) in [5, 5.41) is 14.6. The second-order valence-electron chi connectivity index (χ2n) is 9.47. The van der Waals surface area contributed by atoms with Crippen LogP contribution in [0.2, 0.25) is 0 Å². The predicted molar refractivity (Wildman–Crippen MR) is 142 cm³/mol. The maximum atomic E-state index is 12.4. The lowest BCUT2D eigenvalue weighted by Gasteiger charge is -2.17. The third-order valence-corrected chi connectivity index (χ3v) is 6.88. The van der Waals surface area contributed by atoms with Crippen LogP contribution in [0, 0.1) is 0 Å². The Bertz CT molecular complexity index is 1230. The van der Waals surface area contributed by atoms with Gasteiger partial charge >= 0.3 is 12.1 Å². The molecule has 10 nitrogen and oxygen atoms in total. The van der Waals surface area contributed by atoms with E-state index < -0.39 is 18.1 Å². The first-order chi connectivity index (χ1) is 18.8. The van der Waals surface area contributed by atoms with Crippen molar-refractivity contribution in [1.29, 1.82) is 0 Å². The average molecular weight is 534 g/mol. The number of hydrogen-bond donors (Lipinski definition) is 3. The number of aliphatic carboxylic acids is 1. The number of rotatable bonds is 13. The first kappa shape index (κ1) is 27.6. The molecule has 1 aliphatic heterocycles. The molecule has 2 aliphatic rings. The smallest absolute Gasteiger partial charge is 0.407 e. The number of unbranched alkanes of at least 4 members (excludes halogenated alkanes) is 2. The Morgan fingerprint density at radius 3 is 2.13 bits per heavy atom. The number of benzene rings is 2. The molecule has 2 aromatic rings. The minimum Gasteiger partial charge on any atom is -0.480 e. The van der Waals surface area contributed by atoms with Crippen LogP contribution in [0.1, 0.15) is 49.1 Å². The molecule has 0 spiro atoms. The van der Waals surface area contributed by atoms with Crippen LogP contribution in [-0.4, -0.2) is 65.5 Å². The zero-order valence-electron chi connectivity index (χ0n) is 21.4. The topological polar surface area (TPSA) is 142 Å². The van der Waals surface area contributed by atoms with E-state index in [0.29, 0.717) is 32.4 Å². The van der Waals surface area contributed by atoms with E-state index in [-0.39, 0.29) is 43.1 Å². The van der Waals surface area contributed by atoms with E-state index in [0.717, 1.165) is 22.3 Å².